The van der Waals surface area contributed by atoms with E-state index in [4.69, 9.17) is 11.6 Å². The van der Waals surface area contributed by atoms with Crippen molar-refractivity contribution in [2.45, 2.75) is 31.7 Å². The Morgan fingerprint density at radius 3 is 3.00 bits per heavy atom. The molecule has 0 saturated carbocycles. The van der Waals surface area contributed by atoms with Gasteiger partial charge >= 0.3 is 0 Å². The fourth-order valence-corrected chi connectivity index (χ4v) is 2.92. The Morgan fingerprint density at radius 2 is 2.28 bits per heavy atom. The fourth-order valence-electron chi connectivity index (χ4n) is 2.71. The Bertz CT molecular complexity index is 383. The van der Waals surface area contributed by atoms with Gasteiger partial charge in [-0.25, -0.2) is 0 Å². The van der Waals surface area contributed by atoms with Gasteiger partial charge in [0.25, 0.3) is 0 Å². The average molecular weight is 268 g/mol. The summed E-state index contributed by atoms with van der Waals surface area (Å²) >= 11 is 6.03. The first kappa shape index (κ1) is 13.6. The van der Waals surface area contributed by atoms with Crippen molar-refractivity contribution in [3.8, 4) is 0 Å². The van der Waals surface area contributed by atoms with E-state index in [-0.39, 0.29) is 0 Å². The zero-order chi connectivity index (χ0) is 13.0. The molecule has 2 heterocycles. The van der Waals surface area contributed by atoms with Crippen molar-refractivity contribution in [3.63, 3.8) is 0 Å². The maximum Gasteiger partial charge on any atom is 0.0509 e. The molecule has 1 unspecified atom stereocenters. The second-order valence-corrected chi connectivity index (χ2v) is 5.28. The van der Waals surface area contributed by atoms with E-state index in [0.717, 1.165) is 25.1 Å². The van der Waals surface area contributed by atoms with Gasteiger partial charge in [0.2, 0.25) is 0 Å². The number of halogens is 1. The zero-order valence-corrected chi connectivity index (χ0v) is 12.0. The SMILES string of the molecule is CCC1CN(C)CCCN1c1ccncc1CCl. The molecular weight excluding hydrogens is 246 g/mol. The van der Waals surface area contributed by atoms with Crippen LogP contribution >= 0.6 is 11.6 Å². The van der Waals surface area contributed by atoms with Crippen LogP contribution in [0.3, 0.4) is 0 Å². The lowest BCUT2D eigenvalue weighted by atomic mass is 10.1. The molecule has 3 nitrogen and oxygen atoms in total. The molecule has 18 heavy (non-hydrogen) atoms. The molecule has 0 bridgehead atoms. The van der Waals surface area contributed by atoms with Gasteiger partial charge in [-0.05, 0) is 32.5 Å². The number of rotatable bonds is 3. The number of likely N-dealkylation sites (N-methyl/N-ethyl adjacent to an activating group) is 1. The standard InChI is InChI=1S/C14H22ClN3/c1-3-13-11-17(2)7-4-8-18(13)14-5-6-16-10-12(14)9-15/h5-6,10,13H,3-4,7-9,11H2,1-2H3. The minimum absolute atomic E-state index is 0.534. The Hall–Kier alpha value is -0.800. The average Bonchev–Trinajstić information content (AvgIpc) is 2.60. The highest BCUT2D eigenvalue weighted by Crippen LogP contribution is 2.26. The van der Waals surface area contributed by atoms with Crippen molar-refractivity contribution in [2.24, 2.45) is 0 Å². The van der Waals surface area contributed by atoms with Gasteiger partial charge in [-0.1, -0.05) is 6.92 Å². The van der Waals surface area contributed by atoms with Crippen LogP contribution in [0.25, 0.3) is 0 Å². The van der Waals surface area contributed by atoms with E-state index >= 15 is 0 Å². The molecule has 0 aromatic carbocycles. The smallest absolute Gasteiger partial charge is 0.0509 e. The van der Waals surface area contributed by atoms with E-state index in [1.54, 1.807) is 0 Å². The number of alkyl halides is 1. The minimum Gasteiger partial charge on any atom is -0.367 e. The largest absolute Gasteiger partial charge is 0.367 e. The van der Waals surface area contributed by atoms with Crippen LogP contribution in [0.2, 0.25) is 0 Å². The molecule has 1 atom stereocenters. The van der Waals surface area contributed by atoms with E-state index in [0.29, 0.717) is 11.9 Å². The quantitative estimate of drug-likeness (QED) is 0.785. The van der Waals surface area contributed by atoms with Gasteiger partial charge in [-0.3, -0.25) is 4.98 Å². The molecule has 1 aliphatic heterocycles. The number of hydrogen-bond donors (Lipinski definition) is 0. The summed E-state index contributed by atoms with van der Waals surface area (Å²) in [5, 5.41) is 0. The number of pyridine rings is 1. The predicted molar refractivity (Wildman–Crippen MR) is 77.3 cm³/mol. The van der Waals surface area contributed by atoms with Crippen LogP contribution in [-0.4, -0.2) is 42.6 Å². The summed E-state index contributed by atoms with van der Waals surface area (Å²) in [6.07, 6.45) is 6.13. The molecule has 0 aliphatic carbocycles. The lowest BCUT2D eigenvalue weighted by Crippen LogP contribution is -2.40. The molecule has 4 heteroatoms. The number of aromatic nitrogens is 1. The molecular formula is C14H22ClN3. The summed E-state index contributed by atoms with van der Waals surface area (Å²) in [5.41, 5.74) is 2.41. The second kappa shape index (κ2) is 6.39. The summed E-state index contributed by atoms with van der Waals surface area (Å²) < 4.78 is 0. The zero-order valence-electron chi connectivity index (χ0n) is 11.3. The van der Waals surface area contributed by atoms with E-state index in [1.165, 1.54) is 18.7 Å². The van der Waals surface area contributed by atoms with Crippen LogP contribution < -0.4 is 4.90 Å². The van der Waals surface area contributed by atoms with Crippen LogP contribution in [0.15, 0.2) is 18.5 Å². The van der Waals surface area contributed by atoms with E-state index < -0.39 is 0 Å². The molecule has 0 radical (unpaired) electrons. The molecule has 1 aromatic heterocycles. The highest BCUT2D eigenvalue weighted by Gasteiger charge is 2.23. The molecule has 2 rings (SSSR count). The van der Waals surface area contributed by atoms with Gasteiger partial charge in [0.15, 0.2) is 0 Å². The summed E-state index contributed by atoms with van der Waals surface area (Å²) in [4.78, 5) is 9.12. The summed E-state index contributed by atoms with van der Waals surface area (Å²) in [6, 6.07) is 2.67. The third-order valence-corrected chi connectivity index (χ3v) is 3.99. The number of hydrogen-bond acceptors (Lipinski definition) is 3. The summed E-state index contributed by atoms with van der Waals surface area (Å²) in [6.45, 7) is 5.67. The van der Waals surface area contributed by atoms with Crippen LogP contribution in [0.4, 0.5) is 5.69 Å². The lowest BCUT2D eigenvalue weighted by Gasteiger charge is -2.33. The first-order chi connectivity index (χ1) is 8.76. The van der Waals surface area contributed by atoms with Crippen molar-refractivity contribution in [2.75, 3.05) is 31.6 Å². The fraction of sp³-hybridized carbons (Fsp3) is 0.643. The van der Waals surface area contributed by atoms with Crippen molar-refractivity contribution in [1.82, 2.24) is 9.88 Å². The van der Waals surface area contributed by atoms with E-state index in [9.17, 15) is 0 Å². The topological polar surface area (TPSA) is 19.4 Å². The van der Waals surface area contributed by atoms with Crippen molar-refractivity contribution in [3.05, 3.63) is 24.0 Å². The van der Waals surface area contributed by atoms with Crippen LogP contribution in [0.1, 0.15) is 25.3 Å². The van der Waals surface area contributed by atoms with Crippen molar-refractivity contribution >= 4 is 17.3 Å². The van der Waals surface area contributed by atoms with E-state index in [2.05, 4.69) is 34.8 Å². The van der Waals surface area contributed by atoms with Crippen LogP contribution in [-0.2, 0) is 5.88 Å². The molecule has 1 aromatic rings. The van der Waals surface area contributed by atoms with Gasteiger partial charge < -0.3 is 9.80 Å². The molecule has 1 fully saturated rings. The third kappa shape index (κ3) is 2.96. The highest BCUT2D eigenvalue weighted by molar-refractivity contribution is 6.17. The number of nitrogens with zero attached hydrogens (tertiary/aromatic N) is 3. The molecule has 1 saturated heterocycles. The predicted octanol–water partition coefficient (Wildman–Crippen LogP) is 2.74. The maximum atomic E-state index is 6.03. The van der Waals surface area contributed by atoms with Crippen LogP contribution in [0.5, 0.6) is 0 Å². The van der Waals surface area contributed by atoms with E-state index in [1.807, 2.05) is 12.4 Å². The second-order valence-electron chi connectivity index (χ2n) is 5.01. The maximum absolute atomic E-state index is 6.03. The van der Waals surface area contributed by atoms with Crippen LogP contribution in [0, 0.1) is 0 Å². The number of anilines is 1. The molecule has 100 valence electrons. The Morgan fingerprint density at radius 1 is 1.44 bits per heavy atom. The molecule has 0 spiro atoms. The third-order valence-electron chi connectivity index (χ3n) is 3.70. The molecule has 0 N–H and O–H groups in total. The van der Waals surface area contributed by atoms with Crippen molar-refractivity contribution in [1.29, 1.82) is 0 Å². The highest BCUT2D eigenvalue weighted by atomic mass is 35.5. The van der Waals surface area contributed by atoms with Gasteiger partial charge in [0.05, 0.1) is 5.88 Å². The molecule has 0 amide bonds. The summed E-state index contributed by atoms with van der Waals surface area (Å²) in [7, 11) is 2.21. The van der Waals surface area contributed by atoms with Gasteiger partial charge in [0.1, 0.15) is 0 Å². The van der Waals surface area contributed by atoms with Gasteiger partial charge in [-0.2, -0.15) is 0 Å². The van der Waals surface area contributed by atoms with Gasteiger partial charge in [-0.15, -0.1) is 11.6 Å². The Kier molecular flexibility index (Phi) is 4.84. The molecule has 1 aliphatic rings. The first-order valence-corrected chi connectivity index (χ1v) is 7.23. The Labute approximate surface area is 115 Å². The van der Waals surface area contributed by atoms with Gasteiger partial charge in [0, 0.05) is 42.8 Å². The summed E-state index contributed by atoms with van der Waals surface area (Å²) in [5.74, 6) is 0.534. The lowest BCUT2D eigenvalue weighted by molar-refractivity contribution is 0.328. The normalized spacial score (nSPS) is 21.9. The van der Waals surface area contributed by atoms with Crippen molar-refractivity contribution < 1.29 is 0 Å². The Balaban J connectivity index is 2.28. The monoisotopic (exact) mass is 267 g/mol. The minimum atomic E-state index is 0.534. The first-order valence-electron chi connectivity index (χ1n) is 6.70.